The smallest absolute Gasteiger partial charge is 0.266 e. The molecule has 5 heteroatoms. The van der Waals surface area contributed by atoms with Gasteiger partial charge in [0.05, 0.1) is 17.9 Å². The Morgan fingerprint density at radius 3 is 3.00 bits per heavy atom. The van der Waals surface area contributed by atoms with Gasteiger partial charge >= 0.3 is 0 Å². The van der Waals surface area contributed by atoms with Crippen LogP contribution in [0.2, 0.25) is 0 Å². The molecule has 0 atom stereocenters. The van der Waals surface area contributed by atoms with Gasteiger partial charge in [-0.1, -0.05) is 0 Å². The molecular weight excluding hydrogens is 178 g/mol. The van der Waals surface area contributed by atoms with Crippen molar-refractivity contribution in [1.29, 1.82) is 0 Å². The van der Waals surface area contributed by atoms with Crippen LogP contribution in [0.15, 0.2) is 29.5 Å². The molecule has 0 aliphatic heterocycles. The summed E-state index contributed by atoms with van der Waals surface area (Å²) in [5, 5.41) is 0. The first-order chi connectivity index (χ1) is 5.36. The van der Waals surface area contributed by atoms with E-state index in [0.29, 0.717) is 11.0 Å². The van der Waals surface area contributed by atoms with Crippen molar-refractivity contribution >= 4 is 23.4 Å². The molecule has 2 aromatic heterocycles. The van der Waals surface area contributed by atoms with Gasteiger partial charge in [0.2, 0.25) is 0 Å². The van der Waals surface area contributed by atoms with Gasteiger partial charge in [-0.15, -0.1) is 12.4 Å². The number of nitrogens with one attached hydrogen (secondary N) is 1. The van der Waals surface area contributed by atoms with Crippen LogP contribution in [-0.4, -0.2) is 15.0 Å². The molecule has 0 aromatic carbocycles. The van der Waals surface area contributed by atoms with Gasteiger partial charge in [-0.05, 0) is 6.07 Å². The Morgan fingerprint density at radius 1 is 1.33 bits per heavy atom. The van der Waals surface area contributed by atoms with Gasteiger partial charge < -0.3 is 4.98 Å². The fourth-order valence-corrected chi connectivity index (χ4v) is 0.888. The summed E-state index contributed by atoms with van der Waals surface area (Å²) in [6.07, 6.45) is 4.45. The van der Waals surface area contributed by atoms with Gasteiger partial charge in [0, 0.05) is 6.20 Å². The summed E-state index contributed by atoms with van der Waals surface area (Å²) >= 11 is 0. The quantitative estimate of drug-likeness (QED) is 0.656. The molecule has 0 saturated carbocycles. The highest BCUT2D eigenvalue weighted by Crippen LogP contribution is 2.00. The number of aromatic amines is 1. The largest absolute Gasteiger partial charge is 0.319 e. The van der Waals surface area contributed by atoms with E-state index in [2.05, 4.69) is 15.0 Å². The topological polar surface area (TPSA) is 58.6 Å². The number of hydrogen-bond acceptors (Lipinski definition) is 3. The minimum Gasteiger partial charge on any atom is -0.319 e. The summed E-state index contributed by atoms with van der Waals surface area (Å²) in [7, 11) is 0. The Labute approximate surface area is 74.1 Å². The molecule has 62 valence electrons. The summed E-state index contributed by atoms with van der Waals surface area (Å²) in [4.78, 5) is 21.1. The molecule has 0 unspecified atom stereocenters. The average Bonchev–Trinajstić information content (AvgIpc) is 2.04. The van der Waals surface area contributed by atoms with Crippen LogP contribution in [-0.2, 0) is 0 Å². The summed E-state index contributed by atoms with van der Waals surface area (Å²) in [5.74, 6) is 0. The first-order valence-corrected chi connectivity index (χ1v) is 3.15. The van der Waals surface area contributed by atoms with Crippen molar-refractivity contribution in [3.05, 3.63) is 35.0 Å². The van der Waals surface area contributed by atoms with Crippen LogP contribution in [0.3, 0.4) is 0 Å². The highest BCUT2D eigenvalue weighted by atomic mass is 35.5. The molecule has 0 saturated heterocycles. The Bertz CT molecular complexity index is 440. The van der Waals surface area contributed by atoms with E-state index in [1.54, 1.807) is 18.5 Å². The molecule has 0 amide bonds. The molecule has 2 aromatic rings. The second kappa shape index (κ2) is 3.32. The average molecular weight is 184 g/mol. The Balaban J connectivity index is 0.000000720. The number of fused-ring (bicyclic) bond motifs is 1. The molecule has 12 heavy (non-hydrogen) atoms. The van der Waals surface area contributed by atoms with E-state index in [1.807, 2.05) is 0 Å². The molecular formula is C7H6ClN3O. The maximum atomic E-state index is 10.7. The van der Waals surface area contributed by atoms with Crippen LogP contribution in [0.25, 0.3) is 11.0 Å². The third-order valence-electron chi connectivity index (χ3n) is 1.38. The lowest BCUT2D eigenvalue weighted by Crippen LogP contribution is -2.04. The standard InChI is InChI=1S/C7H5N3O.ClH/c11-7-4-9-6-3-8-2-1-5(6)10-7;/h1-4H,(H,10,11);1H. The number of rotatable bonds is 0. The molecule has 0 aliphatic rings. The van der Waals surface area contributed by atoms with Crippen molar-refractivity contribution in [2.45, 2.75) is 0 Å². The number of halogens is 1. The zero-order chi connectivity index (χ0) is 7.68. The van der Waals surface area contributed by atoms with Gasteiger partial charge in [0.25, 0.3) is 5.56 Å². The Hall–Kier alpha value is -1.42. The number of hydrogen-bond donors (Lipinski definition) is 1. The fourth-order valence-electron chi connectivity index (χ4n) is 0.888. The molecule has 0 spiro atoms. The van der Waals surface area contributed by atoms with Crippen LogP contribution >= 0.6 is 12.4 Å². The van der Waals surface area contributed by atoms with E-state index in [-0.39, 0.29) is 18.0 Å². The second-order valence-electron chi connectivity index (χ2n) is 2.14. The predicted octanol–water partition coefficient (Wildman–Crippen LogP) is 0.740. The van der Waals surface area contributed by atoms with Crippen molar-refractivity contribution in [3.8, 4) is 0 Å². The number of aromatic nitrogens is 3. The molecule has 0 bridgehead atoms. The van der Waals surface area contributed by atoms with Crippen molar-refractivity contribution in [2.75, 3.05) is 0 Å². The summed E-state index contributed by atoms with van der Waals surface area (Å²) < 4.78 is 0. The third-order valence-corrected chi connectivity index (χ3v) is 1.38. The highest BCUT2D eigenvalue weighted by Gasteiger charge is 1.91. The minimum atomic E-state index is -0.191. The maximum Gasteiger partial charge on any atom is 0.266 e. The van der Waals surface area contributed by atoms with Crippen LogP contribution in [0.1, 0.15) is 0 Å². The SMILES string of the molecule is Cl.O=c1cnc2cnccc2[nH]1. The highest BCUT2D eigenvalue weighted by molar-refractivity contribution is 5.85. The maximum absolute atomic E-state index is 10.7. The van der Waals surface area contributed by atoms with E-state index in [0.717, 1.165) is 0 Å². The monoisotopic (exact) mass is 183 g/mol. The van der Waals surface area contributed by atoms with Gasteiger partial charge in [0.1, 0.15) is 5.52 Å². The van der Waals surface area contributed by atoms with Gasteiger partial charge in [-0.25, -0.2) is 4.98 Å². The third kappa shape index (κ3) is 1.43. The zero-order valence-electron chi connectivity index (χ0n) is 6.02. The molecule has 0 aliphatic carbocycles. The lowest BCUT2D eigenvalue weighted by atomic mass is 10.4. The van der Waals surface area contributed by atoms with E-state index >= 15 is 0 Å². The number of pyridine rings is 1. The van der Waals surface area contributed by atoms with Crippen LogP contribution in [0.5, 0.6) is 0 Å². The number of H-pyrrole nitrogens is 1. The molecule has 1 N–H and O–H groups in total. The predicted molar refractivity (Wildman–Crippen MR) is 47.4 cm³/mol. The lowest BCUT2D eigenvalue weighted by molar-refractivity contribution is 1.19. The lowest BCUT2D eigenvalue weighted by Gasteiger charge is -1.91. The molecule has 4 nitrogen and oxygen atoms in total. The first kappa shape index (κ1) is 8.67. The van der Waals surface area contributed by atoms with E-state index in [4.69, 9.17) is 0 Å². The van der Waals surface area contributed by atoms with Crippen molar-refractivity contribution in [2.24, 2.45) is 0 Å². The van der Waals surface area contributed by atoms with E-state index in [1.165, 1.54) is 6.20 Å². The van der Waals surface area contributed by atoms with Gasteiger partial charge in [0.15, 0.2) is 0 Å². The Kier molecular flexibility index (Phi) is 2.40. The van der Waals surface area contributed by atoms with Gasteiger partial charge in [-0.3, -0.25) is 9.78 Å². The fraction of sp³-hybridized carbons (Fsp3) is 0. The minimum absolute atomic E-state index is 0. The number of nitrogens with zero attached hydrogens (tertiary/aromatic N) is 2. The van der Waals surface area contributed by atoms with Crippen molar-refractivity contribution in [3.63, 3.8) is 0 Å². The van der Waals surface area contributed by atoms with Crippen molar-refractivity contribution < 1.29 is 0 Å². The molecule has 2 rings (SSSR count). The molecule has 0 fully saturated rings. The normalized spacial score (nSPS) is 9.33. The first-order valence-electron chi connectivity index (χ1n) is 3.15. The summed E-state index contributed by atoms with van der Waals surface area (Å²) in [5.41, 5.74) is 1.23. The second-order valence-corrected chi connectivity index (χ2v) is 2.14. The van der Waals surface area contributed by atoms with Gasteiger partial charge in [-0.2, -0.15) is 0 Å². The van der Waals surface area contributed by atoms with E-state index < -0.39 is 0 Å². The van der Waals surface area contributed by atoms with Crippen LogP contribution in [0, 0.1) is 0 Å². The zero-order valence-corrected chi connectivity index (χ0v) is 6.84. The Morgan fingerprint density at radius 2 is 2.17 bits per heavy atom. The summed E-state index contributed by atoms with van der Waals surface area (Å²) in [6, 6.07) is 1.71. The van der Waals surface area contributed by atoms with Crippen molar-refractivity contribution in [1.82, 2.24) is 15.0 Å². The van der Waals surface area contributed by atoms with E-state index in [9.17, 15) is 4.79 Å². The summed E-state index contributed by atoms with van der Waals surface area (Å²) in [6.45, 7) is 0. The van der Waals surface area contributed by atoms with Crippen LogP contribution < -0.4 is 5.56 Å². The molecule has 2 heterocycles. The van der Waals surface area contributed by atoms with Crippen LogP contribution in [0.4, 0.5) is 0 Å². The molecule has 0 radical (unpaired) electrons.